The number of anilines is 3. The Morgan fingerprint density at radius 3 is 2.26 bits per heavy atom. The number of nitrogens with one attached hydrogen (secondary N) is 3. The fourth-order valence-corrected chi connectivity index (χ4v) is 5.83. The molecule has 1 fully saturated rings. The summed E-state index contributed by atoms with van der Waals surface area (Å²) in [6.07, 6.45) is 3.67. The molecular formula is C26H32Br2N6O. The van der Waals surface area contributed by atoms with Crippen LogP contribution in [-0.2, 0) is 0 Å². The first kappa shape index (κ1) is 25.7. The summed E-state index contributed by atoms with van der Waals surface area (Å²) in [6.45, 7) is 4.29. The molecule has 1 aliphatic rings. The smallest absolute Gasteiger partial charge is 0.319 e. The molecule has 0 unspecified atom stereocenters. The van der Waals surface area contributed by atoms with Crippen LogP contribution in [0.15, 0.2) is 45.3 Å². The molecule has 3 N–H and O–H groups in total. The molecule has 1 aliphatic carbocycles. The molecule has 2 aromatic carbocycles. The summed E-state index contributed by atoms with van der Waals surface area (Å²) in [4.78, 5) is 24.2. The predicted molar refractivity (Wildman–Crippen MR) is 152 cm³/mol. The van der Waals surface area contributed by atoms with Crippen LogP contribution in [0.3, 0.4) is 0 Å². The van der Waals surface area contributed by atoms with E-state index in [-0.39, 0.29) is 18.1 Å². The van der Waals surface area contributed by atoms with Gasteiger partial charge in [0.2, 0.25) is 5.95 Å². The third kappa shape index (κ3) is 6.25. The molecule has 0 atom stereocenters. The molecule has 1 saturated carbocycles. The van der Waals surface area contributed by atoms with Crippen molar-refractivity contribution >= 4 is 66.2 Å². The van der Waals surface area contributed by atoms with Gasteiger partial charge in [-0.2, -0.15) is 4.98 Å². The quantitative estimate of drug-likeness (QED) is 0.286. The highest BCUT2D eigenvalue weighted by Gasteiger charge is 2.24. The second-order valence-corrected chi connectivity index (χ2v) is 11.3. The number of amides is 2. The highest BCUT2D eigenvalue weighted by atomic mass is 79.9. The van der Waals surface area contributed by atoms with E-state index >= 15 is 0 Å². The van der Waals surface area contributed by atoms with Gasteiger partial charge in [-0.25, -0.2) is 9.78 Å². The van der Waals surface area contributed by atoms with E-state index in [1.165, 1.54) is 5.56 Å². The van der Waals surface area contributed by atoms with Crippen molar-refractivity contribution in [3.05, 3.63) is 50.9 Å². The van der Waals surface area contributed by atoms with E-state index in [1.807, 2.05) is 43.3 Å². The molecule has 186 valence electrons. The molecule has 1 heterocycles. The number of carbonyl (C=O) groups excluding carboxylic acids is 1. The van der Waals surface area contributed by atoms with Crippen LogP contribution >= 0.6 is 31.9 Å². The molecule has 0 saturated heterocycles. The minimum Gasteiger partial charge on any atom is -0.362 e. The minimum absolute atomic E-state index is 0.135. The summed E-state index contributed by atoms with van der Waals surface area (Å²) in [5, 5.41) is 10.7. The van der Waals surface area contributed by atoms with Crippen molar-refractivity contribution in [2.45, 2.75) is 57.5 Å². The Bertz CT molecular complexity index is 1180. The molecule has 1 aromatic heterocycles. The van der Waals surface area contributed by atoms with Crippen LogP contribution in [-0.4, -0.2) is 42.2 Å². The molecular weight excluding hydrogens is 572 g/mol. The third-order valence-corrected chi connectivity index (χ3v) is 7.62. The van der Waals surface area contributed by atoms with Crippen molar-refractivity contribution < 1.29 is 4.79 Å². The van der Waals surface area contributed by atoms with Crippen LogP contribution in [0, 0.1) is 0 Å². The summed E-state index contributed by atoms with van der Waals surface area (Å²) in [7, 11) is 3.99. The fourth-order valence-electron chi connectivity index (χ4n) is 4.41. The number of rotatable bonds is 6. The molecule has 9 heteroatoms. The molecule has 7 nitrogen and oxygen atoms in total. The van der Waals surface area contributed by atoms with Crippen molar-refractivity contribution in [1.29, 1.82) is 0 Å². The maximum absolute atomic E-state index is 12.7. The third-order valence-electron chi connectivity index (χ3n) is 6.37. The summed E-state index contributed by atoms with van der Waals surface area (Å²) >= 11 is 7.19. The van der Waals surface area contributed by atoms with Crippen LogP contribution < -0.4 is 20.9 Å². The van der Waals surface area contributed by atoms with Gasteiger partial charge in [0.25, 0.3) is 0 Å². The van der Waals surface area contributed by atoms with E-state index in [9.17, 15) is 4.79 Å². The Morgan fingerprint density at radius 2 is 1.63 bits per heavy atom. The Morgan fingerprint density at radius 1 is 1.00 bits per heavy atom. The molecule has 0 spiro atoms. The van der Waals surface area contributed by atoms with Gasteiger partial charge in [0, 0.05) is 40.5 Å². The van der Waals surface area contributed by atoms with E-state index in [4.69, 9.17) is 9.97 Å². The topological polar surface area (TPSA) is 82.2 Å². The molecule has 0 radical (unpaired) electrons. The van der Waals surface area contributed by atoms with Crippen molar-refractivity contribution in [2.24, 2.45) is 0 Å². The summed E-state index contributed by atoms with van der Waals surface area (Å²) in [5.74, 6) is 1.97. The van der Waals surface area contributed by atoms with Crippen LogP contribution in [0.2, 0.25) is 0 Å². The lowest BCUT2D eigenvalue weighted by atomic mass is 9.91. The van der Waals surface area contributed by atoms with Gasteiger partial charge in [-0.1, -0.05) is 26.0 Å². The molecule has 0 bridgehead atoms. The second kappa shape index (κ2) is 11.1. The Hall–Kier alpha value is -2.39. The average molecular weight is 604 g/mol. The van der Waals surface area contributed by atoms with Crippen molar-refractivity contribution in [3.8, 4) is 0 Å². The summed E-state index contributed by atoms with van der Waals surface area (Å²) < 4.78 is 1.73. The number of carbonyl (C=O) groups is 1. The van der Waals surface area contributed by atoms with E-state index in [2.05, 4.69) is 73.8 Å². The number of aromatic nitrogens is 2. The van der Waals surface area contributed by atoms with E-state index in [0.717, 1.165) is 57.0 Å². The van der Waals surface area contributed by atoms with Crippen molar-refractivity contribution in [3.63, 3.8) is 0 Å². The fraction of sp³-hybridized carbons (Fsp3) is 0.423. The first-order chi connectivity index (χ1) is 16.7. The molecule has 35 heavy (non-hydrogen) atoms. The van der Waals surface area contributed by atoms with E-state index < -0.39 is 0 Å². The monoisotopic (exact) mass is 602 g/mol. The van der Waals surface area contributed by atoms with Crippen LogP contribution in [0.5, 0.6) is 0 Å². The van der Waals surface area contributed by atoms with E-state index in [0.29, 0.717) is 11.9 Å². The maximum atomic E-state index is 12.7. The Labute approximate surface area is 223 Å². The van der Waals surface area contributed by atoms with Crippen molar-refractivity contribution in [1.82, 2.24) is 15.3 Å². The zero-order valence-electron chi connectivity index (χ0n) is 20.5. The van der Waals surface area contributed by atoms with Gasteiger partial charge in [-0.3, -0.25) is 0 Å². The normalized spacial score (nSPS) is 17.9. The lowest BCUT2D eigenvalue weighted by Crippen LogP contribution is -2.42. The van der Waals surface area contributed by atoms with Crippen molar-refractivity contribution in [2.75, 3.05) is 29.6 Å². The molecule has 3 aromatic rings. The SMILES string of the molecule is CC(C)c1cc(Br)c(NC(=O)N[C@H]2CC[C@@H](Nc3nc(N(C)C)c4ccccc4n3)CC2)c(Br)c1. The molecule has 4 rings (SSSR count). The number of para-hydroxylation sites is 1. The van der Waals surface area contributed by atoms with Gasteiger partial charge in [0.05, 0.1) is 11.2 Å². The van der Waals surface area contributed by atoms with Gasteiger partial charge in [0.1, 0.15) is 5.82 Å². The first-order valence-electron chi connectivity index (χ1n) is 12.0. The highest BCUT2D eigenvalue weighted by molar-refractivity contribution is 9.11. The summed E-state index contributed by atoms with van der Waals surface area (Å²) in [6, 6.07) is 12.4. The predicted octanol–water partition coefficient (Wildman–Crippen LogP) is 6.89. The number of urea groups is 1. The van der Waals surface area contributed by atoms with Gasteiger partial charge in [0.15, 0.2) is 0 Å². The lowest BCUT2D eigenvalue weighted by molar-refractivity contribution is 0.243. The average Bonchev–Trinajstić information content (AvgIpc) is 2.82. The first-order valence-corrected chi connectivity index (χ1v) is 13.6. The van der Waals surface area contributed by atoms with Gasteiger partial charge < -0.3 is 20.9 Å². The van der Waals surface area contributed by atoms with Gasteiger partial charge >= 0.3 is 6.03 Å². The Balaban J connectivity index is 1.33. The van der Waals surface area contributed by atoms with Crippen LogP contribution in [0.1, 0.15) is 51.0 Å². The summed E-state index contributed by atoms with van der Waals surface area (Å²) in [5.41, 5.74) is 2.88. The number of hydrogen-bond acceptors (Lipinski definition) is 5. The lowest BCUT2D eigenvalue weighted by Gasteiger charge is -2.30. The molecule has 2 amide bonds. The standard InChI is InChI=1S/C26H32Br2N6O/c1-15(2)16-13-20(27)23(21(28)14-16)32-26(35)30-18-11-9-17(10-12-18)29-25-31-22-8-6-5-7-19(22)24(33-25)34(3)4/h5-8,13-15,17-18H,9-12H2,1-4H3,(H,29,31,33)(H2,30,32,35)/t17-,18+. The maximum Gasteiger partial charge on any atom is 0.319 e. The Kier molecular flexibility index (Phi) is 8.16. The van der Waals surface area contributed by atoms with Crippen LogP contribution in [0.4, 0.5) is 22.2 Å². The second-order valence-electron chi connectivity index (χ2n) is 9.59. The number of halogens is 2. The number of hydrogen-bond donors (Lipinski definition) is 3. The van der Waals surface area contributed by atoms with Gasteiger partial charge in [-0.05, 0) is 93.3 Å². The highest BCUT2D eigenvalue weighted by Crippen LogP contribution is 2.35. The zero-order valence-corrected chi connectivity index (χ0v) is 23.7. The van der Waals surface area contributed by atoms with Crippen LogP contribution in [0.25, 0.3) is 10.9 Å². The van der Waals surface area contributed by atoms with Gasteiger partial charge in [-0.15, -0.1) is 0 Å². The molecule has 0 aliphatic heterocycles. The number of benzene rings is 2. The number of fused-ring (bicyclic) bond motifs is 1. The zero-order chi connectivity index (χ0) is 25.1. The largest absolute Gasteiger partial charge is 0.362 e. The van der Waals surface area contributed by atoms with E-state index in [1.54, 1.807) is 0 Å². The number of nitrogens with zero attached hydrogens (tertiary/aromatic N) is 3. The minimum atomic E-state index is -0.186.